The van der Waals surface area contributed by atoms with Crippen molar-refractivity contribution in [1.29, 1.82) is 0 Å². The summed E-state index contributed by atoms with van der Waals surface area (Å²) >= 11 is 0. The Labute approximate surface area is 102 Å². The van der Waals surface area contributed by atoms with Crippen LogP contribution in [0.15, 0.2) is 18.3 Å². The number of aromatic nitrogens is 1. The van der Waals surface area contributed by atoms with Gasteiger partial charge in [0.05, 0.1) is 12.3 Å². The van der Waals surface area contributed by atoms with E-state index in [1.165, 1.54) is 0 Å². The lowest BCUT2D eigenvalue weighted by Crippen LogP contribution is -2.19. The first kappa shape index (κ1) is 13.5. The zero-order chi connectivity index (χ0) is 12.9. The van der Waals surface area contributed by atoms with Crippen LogP contribution in [0.5, 0.6) is 5.75 Å². The highest BCUT2D eigenvalue weighted by molar-refractivity contribution is 5.71. The van der Waals surface area contributed by atoms with Crippen molar-refractivity contribution in [1.82, 2.24) is 4.98 Å². The molecule has 4 nitrogen and oxygen atoms in total. The van der Waals surface area contributed by atoms with E-state index in [4.69, 9.17) is 9.47 Å². The van der Waals surface area contributed by atoms with Crippen LogP contribution in [0.4, 0.5) is 0 Å². The molecule has 0 radical (unpaired) electrons. The first-order valence-electron chi connectivity index (χ1n) is 5.69. The maximum Gasteiger partial charge on any atom is 0.344 e. The molecule has 0 unspecified atom stereocenters. The largest absolute Gasteiger partial charge is 0.480 e. The molecule has 1 heterocycles. The SMILES string of the molecule is CCOC(=O)COc1cccnc1C(C)(C)C. The fraction of sp³-hybridized carbons (Fsp3) is 0.538. The zero-order valence-corrected chi connectivity index (χ0v) is 10.8. The second-order valence-corrected chi connectivity index (χ2v) is 4.69. The molecule has 0 spiro atoms. The van der Waals surface area contributed by atoms with E-state index in [-0.39, 0.29) is 18.0 Å². The van der Waals surface area contributed by atoms with Crippen LogP contribution >= 0.6 is 0 Å². The molecular weight excluding hydrogens is 218 g/mol. The first-order chi connectivity index (χ1) is 7.95. The fourth-order valence-electron chi connectivity index (χ4n) is 1.41. The molecule has 1 rings (SSSR count). The van der Waals surface area contributed by atoms with Crippen molar-refractivity contribution < 1.29 is 14.3 Å². The molecule has 0 saturated carbocycles. The second-order valence-electron chi connectivity index (χ2n) is 4.69. The standard InChI is InChI=1S/C13H19NO3/c1-5-16-11(15)9-17-10-7-6-8-14-12(10)13(2,3)4/h6-8H,5,9H2,1-4H3. The van der Waals surface area contributed by atoms with Crippen molar-refractivity contribution in [2.24, 2.45) is 0 Å². The molecule has 0 bridgehead atoms. The predicted octanol–water partition coefficient (Wildman–Crippen LogP) is 2.32. The Morgan fingerprint density at radius 3 is 2.71 bits per heavy atom. The van der Waals surface area contributed by atoms with E-state index in [0.717, 1.165) is 5.69 Å². The van der Waals surface area contributed by atoms with Gasteiger partial charge in [0.25, 0.3) is 0 Å². The molecule has 0 fully saturated rings. The zero-order valence-electron chi connectivity index (χ0n) is 10.8. The molecule has 17 heavy (non-hydrogen) atoms. The number of rotatable bonds is 4. The van der Waals surface area contributed by atoms with Gasteiger partial charge in [0.1, 0.15) is 5.75 Å². The summed E-state index contributed by atoms with van der Waals surface area (Å²) in [5, 5.41) is 0. The number of hydrogen-bond donors (Lipinski definition) is 0. The van der Waals surface area contributed by atoms with Crippen LogP contribution in [0.1, 0.15) is 33.4 Å². The van der Waals surface area contributed by atoms with Gasteiger partial charge in [-0.05, 0) is 19.1 Å². The normalized spacial score (nSPS) is 11.1. The maximum absolute atomic E-state index is 11.2. The van der Waals surface area contributed by atoms with E-state index in [2.05, 4.69) is 4.98 Å². The third-order valence-electron chi connectivity index (χ3n) is 2.13. The molecule has 0 N–H and O–H groups in total. The lowest BCUT2D eigenvalue weighted by molar-refractivity contribution is -0.145. The molecule has 0 aliphatic rings. The molecule has 0 aliphatic heterocycles. The molecular formula is C13H19NO3. The average Bonchev–Trinajstić information content (AvgIpc) is 2.26. The number of hydrogen-bond acceptors (Lipinski definition) is 4. The summed E-state index contributed by atoms with van der Waals surface area (Å²) in [4.78, 5) is 15.5. The molecule has 0 saturated heterocycles. The molecule has 0 aromatic carbocycles. The first-order valence-corrected chi connectivity index (χ1v) is 5.69. The van der Waals surface area contributed by atoms with Gasteiger partial charge in [0.15, 0.2) is 6.61 Å². The number of ether oxygens (including phenoxy) is 2. The van der Waals surface area contributed by atoms with E-state index in [9.17, 15) is 4.79 Å². The third kappa shape index (κ3) is 4.06. The van der Waals surface area contributed by atoms with Crippen LogP contribution in [-0.2, 0) is 14.9 Å². The van der Waals surface area contributed by atoms with Gasteiger partial charge in [-0.3, -0.25) is 4.98 Å². The highest BCUT2D eigenvalue weighted by Crippen LogP contribution is 2.28. The predicted molar refractivity (Wildman–Crippen MR) is 65.1 cm³/mol. The van der Waals surface area contributed by atoms with Gasteiger partial charge in [-0.15, -0.1) is 0 Å². The van der Waals surface area contributed by atoms with E-state index < -0.39 is 0 Å². The smallest absolute Gasteiger partial charge is 0.344 e. The van der Waals surface area contributed by atoms with Gasteiger partial charge in [0.2, 0.25) is 0 Å². The summed E-state index contributed by atoms with van der Waals surface area (Å²) in [6.07, 6.45) is 1.72. The highest BCUT2D eigenvalue weighted by Gasteiger charge is 2.20. The number of pyridine rings is 1. The molecule has 1 aromatic rings. The molecule has 0 aliphatic carbocycles. The minimum absolute atomic E-state index is 0.0807. The van der Waals surface area contributed by atoms with Crippen LogP contribution in [-0.4, -0.2) is 24.2 Å². The van der Waals surface area contributed by atoms with Crippen LogP contribution in [0.25, 0.3) is 0 Å². The van der Waals surface area contributed by atoms with Gasteiger partial charge >= 0.3 is 5.97 Å². The molecule has 4 heteroatoms. The van der Waals surface area contributed by atoms with Crippen LogP contribution < -0.4 is 4.74 Å². The van der Waals surface area contributed by atoms with Crippen molar-refractivity contribution in [3.8, 4) is 5.75 Å². The van der Waals surface area contributed by atoms with Crippen molar-refractivity contribution in [2.45, 2.75) is 33.1 Å². The lowest BCUT2D eigenvalue weighted by Gasteiger charge is -2.20. The molecule has 94 valence electrons. The summed E-state index contributed by atoms with van der Waals surface area (Å²) in [5.41, 5.74) is 0.718. The van der Waals surface area contributed by atoms with Crippen molar-refractivity contribution in [3.05, 3.63) is 24.0 Å². The fourth-order valence-corrected chi connectivity index (χ4v) is 1.41. The highest BCUT2D eigenvalue weighted by atomic mass is 16.6. The summed E-state index contributed by atoms with van der Waals surface area (Å²) < 4.78 is 10.2. The van der Waals surface area contributed by atoms with Crippen molar-refractivity contribution in [2.75, 3.05) is 13.2 Å². The van der Waals surface area contributed by atoms with Gasteiger partial charge in [0, 0.05) is 11.6 Å². The number of carbonyl (C=O) groups is 1. The lowest BCUT2D eigenvalue weighted by atomic mass is 9.91. The minimum atomic E-state index is -0.365. The van der Waals surface area contributed by atoms with Gasteiger partial charge < -0.3 is 9.47 Å². The summed E-state index contributed by atoms with van der Waals surface area (Å²) in [7, 11) is 0. The van der Waals surface area contributed by atoms with Crippen molar-refractivity contribution in [3.63, 3.8) is 0 Å². The van der Waals surface area contributed by atoms with Gasteiger partial charge in [-0.1, -0.05) is 20.8 Å². The molecule has 1 aromatic heterocycles. The summed E-state index contributed by atoms with van der Waals surface area (Å²) in [6, 6.07) is 3.60. The Morgan fingerprint density at radius 2 is 2.12 bits per heavy atom. The van der Waals surface area contributed by atoms with E-state index in [1.807, 2.05) is 26.8 Å². The maximum atomic E-state index is 11.2. The van der Waals surface area contributed by atoms with Crippen LogP contribution in [0.3, 0.4) is 0 Å². The number of nitrogens with zero attached hydrogens (tertiary/aromatic N) is 1. The minimum Gasteiger partial charge on any atom is -0.480 e. The summed E-state index contributed by atoms with van der Waals surface area (Å²) in [5.74, 6) is 0.268. The Hall–Kier alpha value is -1.58. The second kappa shape index (κ2) is 5.66. The molecule has 0 atom stereocenters. The van der Waals surface area contributed by atoms with E-state index in [1.54, 1.807) is 19.2 Å². The van der Waals surface area contributed by atoms with Crippen LogP contribution in [0, 0.1) is 0 Å². The monoisotopic (exact) mass is 237 g/mol. The van der Waals surface area contributed by atoms with Crippen molar-refractivity contribution >= 4 is 5.97 Å². The Balaban J connectivity index is 2.74. The van der Waals surface area contributed by atoms with E-state index in [0.29, 0.717) is 12.4 Å². The van der Waals surface area contributed by atoms with Gasteiger partial charge in [-0.25, -0.2) is 4.79 Å². The Kier molecular flexibility index (Phi) is 4.49. The number of esters is 1. The number of carbonyl (C=O) groups excluding carboxylic acids is 1. The average molecular weight is 237 g/mol. The Bertz CT molecular complexity index is 382. The third-order valence-corrected chi connectivity index (χ3v) is 2.13. The van der Waals surface area contributed by atoms with Gasteiger partial charge in [-0.2, -0.15) is 0 Å². The van der Waals surface area contributed by atoms with Crippen LogP contribution in [0.2, 0.25) is 0 Å². The summed E-state index contributed by atoms with van der Waals surface area (Å²) in [6.45, 7) is 8.19. The van der Waals surface area contributed by atoms with E-state index >= 15 is 0 Å². The topological polar surface area (TPSA) is 48.4 Å². The molecule has 0 amide bonds. The Morgan fingerprint density at radius 1 is 1.41 bits per heavy atom. The quantitative estimate of drug-likeness (QED) is 0.754.